The lowest BCUT2D eigenvalue weighted by molar-refractivity contribution is -0.120. The second-order valence-corrected chi connectivity index (χ2v) is 4.27. The van der Waals surface area contributed by atoms with Crippen molar-refractivity contribution in [2.45, 2.75) is 32.1 Å². The molecular weight excluding hydrogens is 204 g/mol. The number of H-pyrrole nitrogens is 1. The Kier molecular flexibility index (Phi) is 3.39. The molecule has 0 saturated heterocycles. The molecule has 0 radical (unpaired) electrons. The van der Waals surface area contributed by atoms with Gasteiger partial charge in [-0.3, -0.25) is 9.59 Å². The fraction of sp³-hybridized carbons (Fsp3) is 0.500. The Labute approximate surface area is 94.1 Å². The zero-order valence-corrected chi connectivity index (χ0v) is 9.16. The fourth-order valence-corrected chi connectivity index (χ4v) is 2.10. The third-order valence-corrected chi connectivity index (χ3v) is 3.03. The second kappa shape index (κ2) is 4.96. The van der Waals surface area contributed by atoms with Gasteiger partial charge in [-0.25, -0.2) is 0 Å². The van der Waals surface area contributed by atoms with E-state index in [1.807, 2.05) is 0 Å². The summed E-state index contributed by atoms with van der Waals surface area (Å²) in [5.41, 5.74) is 0.505. The predicted octanol–water partition coefficient (Wildman–Crippen LogP) is 1.89. The average Bonchev–Trinajstić information content (AvgIpc) is 2.33. The second-order valence-electron chi connectivity index (χ2n) is 4.27. The normalized spacial score (nSPS) is 17.0. The third-order valence-electron chi connectivity index (χ3n) is 3.03. The number of hydrogen-bond acceptors (Lipinski definition) is 2. The van der Waals surface area contributed by atoms with Gasteiger partial charge < -0.3 is 10.3 Å². The maximum absolute atomic E-state index is 11.8. The van der Waals surface area contributed by atoms with Gasteiger partial charge in [-0.2, -0.15) is 0 Å². The molecule has 0 unspecified atom stereocenters. The highest BCUT2D eigenvalue weighted by molar-refractivity contribution is 5.92. The van der Waals surface area contributed by atoms with Crippen molar-refractivity contribution in [2.24, 2.45) is 5.92 Å². The number of aromatic amines is 1. The molecule has 86 valence electrons. The number of anilines is 1. The van der Waals surface area contributed by atoms with Crippen LogP contribution >= 0.6 is 0 Å². The molecule has 1 amide bonds. The fourth-order valence-electron chi connectivity index (χ4n) is 2.10. The molecule has 4 nitrogen and oxygen atoms in total. The van der Waals surface area contributed by atoms with Crippen molar-refractivity contribution in [3.8, 4) is 0 Å². The highest BCUT2D eigenvalue weighted by Crippen LogP contribution is 2.24. The van der Waals surface area contributed by atoms with Crippen LogP contribution in [0.1, 0.15) is 32.1 Å². The minimum absolute atomic E-state index is 0.0757. The van der Waals surface area contributed by atoms with Crippen molar-refractivity contribution in [1.82, 2.24) is 4.98 Å². The molecule has 2 rings (SSSR count). The molecule has 1 aliphatic rings. The molecule has 2 N–H and O–H groups in total. The molecule has 1 aromatic heterocycles. The first-order valence-electron chi connectivity index (χ1n) is 5.75. The van der Waals surface area contributed by atoms with Crippen LogP contribution in [-0.2, 0) is 4.79 Å². The molecule has 0 aromatic carbocycles. The third kappa shape index (κ3) is 2.72. The molecule has 1 aromatic rings. The predicted molar refractivity (Wildman–Crippen MR) is 62.3 cm³/mol. The largest absolute Gasteiger partial charge is 0.327 e. The van der Waals surface area contributed by atoms with Crippen LogP contribution in [-0.4, -0.2) is 10.9 Å². The number of aromatic nitrogens is 1. The zero-order chi connectivity index (χ0) is 11.4. The lowest BCUT2D eigenvalue weighted by Gasteiger charge is -2.20. The summed E-state index contributed by atoms with van der Waals surface area (Å²) in [6.45, 7) is 0. The van der Waals surface area contributed by atoms with E-state index in [1.165, 1.54) is 18.7 Å². The molecule has 1 saturated carbocycles. The number of hydrogen-bond donors (Lipinski definition) is 2. The first kappa shape index (κ1) is 10.9. The molecule has 1 heterocycles. The first-order valence-corrected chi connectivity index (χ1v) is 5.75. The van der Waals surface area contributed by atoms with Crippen LogP contribution in [0, 0.1) is 5.92 Å². The molecule has 1 fully saturated rings. The Morgan fingerprint density at radius 3 is 2.62 bits per heavy atom. The summed E-state index contributed by atoms with van der Waals surface area (Å²) in [6, 6.07) is 3.04. The number of amides is 1. The minimum Gasteiger partial charge on any atom is -0.327 e. The molecular formula is C12H16N2O2. The summed E-state index contributed by atoms with van der Waals surface area (Å²) >= 11 is 0. The van der Waals surface area contributed by atoms with Crippen molar-refractivity contribution in [3.63, 3.8) is 0 Å². The van der Waals surface area contributed by atoms with Crippen molar-refractivity contribution in [2.75, 3.05) is 5.32 Å². The Morgan fingerprint density at radius 1 is 1.25 bits per heavy atom. The van der Waals surface area contributed by atoms with Gasteiger partial charge in [0.2, 0.25) is 11.5 Å². The Balaban J connectivity index is 1.95. The standard InChI is InChI=1S/C12H16N2O2/c15-11-7-6-10(8-13-11)14-12(16)9-4-2-1-3-5-9/h6-9H,1-5H2,(H,13,15)(H,14,16). The van der Waals surface area contributed by atoms with Crippen molar-refractivity contribution in [3.05, 3.63) is 28.7 Å². The Hall–Kier alpha value is -1.58. The van der Waals surface area contributed by atoms with Gasteiger partial charge in [0.05, 0.1) is 5.69 Å². The number of pyridine rings is 1. The van der Waals surface area contributed by atoms with Crippen molar-refractivity contribution in [1.29, 1.82) is 0 Å². The van der Waals surface area contributed by atoms with E-state index in [0.29, 0.717) is 5.69 Å². The summed E-state index contributed by atoms with van der Waals surface area (Å²) in [7, 11) is 0. The number of carbonyl (C=O) groups excluding carboxylic acids is 1. The van der Waals surface area contributed by atoms with Gasteiger partial charge in [0.25, 0.3) is 0 Å². The highest BCUT2D eigenvalue weighted by Gasteiger charge is 2.20. The smallest absolute Gasteiger partial charge is 0.248 e. The molecule has 16 heavy (non-hydrogen) atoms. The van der Waals surface area contributed by atoms with Gasteiger partial charge in [-0.05, 0) is 18.9 Å². The summed E-state index contributed by atoms with van der Waals surface area (Å²) in [5.74, 6) is 0.215. The maximum Gasteiger partial charge on any atom is 0.248 e. The van der Waals surface area contributed by atoms with Crippen LogP contribution in [0.5, 0.6) is 0 Å². The monoisotopic (exact) mass is 220 g/mol. The van der Waals surface area contributed by atoms with E-state index >= 15 is 0 Å². The van der Waals surface area contributed by atoms with Crippen LogP contribution in [0.3, 0.4) is 0 Å². The van der Waals surface area contributed by atoms with E-state index in [4.69, 9.17) is 0 Å². The van der Waals surface area contributed by atoms with E-state index in [1.54, 1.807) is 6.07 Å². The van der Waals surface area contributed by atoms with Gasteiger partial charge in [-0.1, -0.05) is 19.3 Å². The van der Waals surface area contributed by atoms with E-state index in [-0.39, 0.29) is 17.4 Å². The van der Waals surface area contributed by atoms with Crippen LogP contribution < -0.4 is 10.9 Å². The lowest BCUT2D eigenvalue weighted by Crippen LogP contribution is -2.25. The first-order chi connectivity index (χ1) is 7.75. The van der Waals surface area contributed by atoms with E-state index in [0.717, 1.165) is 25.7 Å². The van der Waals surface area contributed by atoms with Crippen molar-refractivity contribution >= 4 is 11.6 Å². The van der Waals surface area contributed by atoms with E-state index in [2.05, 4.69) is 10.3 Å². The Bertz CT molecular complexity index is 399. The van der Waals surface area contributed by atoms with Gasteiger partial charge in [-0.15, -0.1) is 0 Å². The van der Waals surface area contributed by atoms with Gasteiger partial charge in [0.1, 0.15) is 0 Å². The summed E-state index contributed by atoms with van der Waals surface area (Å²) in [6.07, 6.45) is 7.02. The molecule has 4 heteroatoms. The summed E-state index contributed by atoms with van der Waals surface area (Å²) < 4.78 is 0. The number of nitrogens with one attached hydrogen (secondary N) is 2. The molecule has 1 aliphatic carbocycles. The van der Waals surface area contributed by atoms with E-state index in [9.17, 15) is 9.59 Å². The van der Waals surface area contributed by atoms with Crippen LogP contribution in [0.25, 0.3) is 0 Å². The maximum atomic E-state index is 11.8. The molecule has 0 spiro atoms. The van der Waals surface area contributed by atoms with Crippen LogP contribution in [0.2, 0.25) is 0 Å². The van der Waals surface area contributed by atoms with Gasteiger partial charge in [0.15, 0.2) is 0 Å². The van der Waals surface area contributed by atoms with Crippen molar-refractivity contribution < 1.29 is 4.79 Å². The SMILES string of the molecule is O=C(Nc1ccc(=O)[nH]c1)C1CCCCC1. The zero-order valence-electron chi connectivity index (χ0n) is 9.16. The summed E-state index contributed by atoms with van der Waals surface area (Å²) in [5, 5.41) is 2.83. The quantitative estimate of drug-likeness (QED) is 0.799. The minimum atomic E-state index is -0.157. The Morgan fingerprint density at radius 2 is 2.00 bits per heavy atom. The van der Waals surface area contributed by atoms with Crippen LogP contribution in [0.4, 0.5) is 5.69 Å². The van der Waals surface area contributed by atoms with Gasteiger partial charge in [0, 0.05) is 18.2 Å². The molecule has 0 aliphatic heterocycles. The van der Waals surface area contributed by atoms with Gasteiger partial charge >= 0.3 is 0 Å². The van der Waals surface area contributed by atoms with Crippen LogP contribution in [0.15, 0.2) is 23.1 Å². The number of rotatable bonds is 2. The van der Waals surface area contributed by atoms with E-state index < -0.39 is 0 Å². The average molecular weight is 220 g/mol. The molecule has 0 bridgehead atoms. The lowest BCUT2D eigenvalue weighted by atomic mass is 9.88. The number of carbonyl (C=O) groups is 1. The summed E-state index contributed by atoms with van der Waals surface area (Å²) in [4.78, 5) is 25.2. The topological polar surface area (TPSA) is 62.0 Å². The molecule has 0 atom stereocenters. The highest BCUT2D eigenvalue weighted by atomic mass is 16.2.